The van der Waals surface area contributed by atoms with E-state index in [1.165, 1.54) is 5.56 Å². The number of anilines is 1. The van der Waals surface area contributed by atoms with Crippen LogP contribution in [0.5, 0.6) is 5.75 Å². The van der Waals surface area contributed by atoms with E-state index in [1.807, 2.05) is 18.2 Å². The van der Waals surface area contributed by atoms with Crippen LogP contribution in [0.1, 0.15) is 42.1 Å². The zero-order valence-electron chi connectivity index (χ0n) is 16.0. The third kappa shape index (κ3) is 6.35. The lowest BCUT2D eigenvalue weighted by Crippen LogP contribution is -2.26. The molecule has 0 aliphatic carbocycles. The molecule has 0 fully saturated rings. The van der Waals surface area contributed by atoms with Crippen molar-refractivity contribution < 1.29 is 9.53 Å². The Hall–Kier alpha value is -2.63. The minimum absolute atomic E-state index is 0.160. The topological polar surface area (TPSA) is 76.1 Å². The van der Waals surface area contributed by atoms with E-state index >= 15 is 0 Å². The predicted octanol–water partition coefficient (Wildman–Crippen LogP) is 3.22. The lowest BCUT2D eigenvalue weighted by atomic mass is 10.1. The summed E-state index contributed by atoms with van der Waals surface area (Å²) in [5, 5.41) is 6.18. The van der Waals surface area contributed by atoms with E-state index in [2.05, 4.69) is 40.5 Å². The predicted molar refractivity (Wildman–Crippen MR) is 104 cm³/mol. The molecule has 0 atom stereocenters. The van der Waals surface area contributed by atoms with Gasteiger partial charge in [-0.25, -0.2) is 9.97 Å². The van der Waals surface area contributed by atoms with Crippen LogP contribution in [0.2, 0.25) is 0 Å². The summed E-state index contributed by atoms with van der Waals surface area (Å²) in [6.07, 6.45) is 1.78. The van der Waals surface area contributed by atoms with Gasteiger partial charge in [0.15, 0.2) is 0 Å². The van der Waals surface area contributed by atoms with Crippen molar-refractivity contribution in [2.24, 2.45) is 5.92 Å². The van der Waals surface area contributed by atoms with Crippen molar-refractivity contribution >= 4 is 11.7 Å². The molecule has 0 aliphatic heterocycles. The summed E-state index contributed by atoms with van der Waals surface area (Å²) in [5.74, 6) is 2.48. The average molecular weight is 356 g/mol. The number of rotatable bonds is 9. The van der Waals surface area contributed by atoms with Crippen LogP contribution >= 0.6 is 0 Å². The molecule has 2 aromatic rings. The lowest BCUT2D eigenvalue weighted by Gasteiger charge is -2.10. The van der Waals surface area contributed by atoms with E-state index in [9.17, 15) is 4.79 Å². The van der Waals surface area contributed by atoms with Crippen molar-refractivity contribution in [2.75, 3.05) is 25.5 Å². The van der Waals surface area contributed by atoms with Crippen molar-refractivity contribution in [3.05, 3.63) is 47.4 Å². The second kappa shape index (κ2) is 9.75. The number of nitrogens with zero attached hydrogens (tertiary/aromatic N) is 2. The Kier molecular flexibility index (Phi) is 7.38. The van der Waals surface area contributed by atoms with Crippen LogP contribution in [-0.4, -0.2) is 36.1 Å². The number of nitrogens with one attached hydrogen (secondary N) is 2. The highest BCUT2D eigenvalue weighted by Crippen LogP contribution is 2.13. The molecule has 2 rings (SSSR count). The van der Waals surface area contributed by atoms with Crippen molar-refractivity contribution in [1.82, 2.24) is 15.3 Å². The lowest BCUT2D eigenvalue weighted by molar-refractivity contribution is 0.0946. The summed E-state index contributed by atoms with van der Waals surface area (Å²) >= 11 is 0. The second-order valence-corrected chi connectivity index (χ2v) is 6.65. The maximum Gasteiger partial charge on any atom is 0.270 e. The Bertz CT molecular complexity index is 732. The fourth-order valence-corrected chi connectivity index (χ4v) is 2.50. The molecule has 0 radical (unpaired) electrons. The maximum atomic E-state index is 12.3. The maximum absolute atomic E-state index is 12.3. The molecule has 0 unspecified atom stereocenters. The molecule has 0 saturated carbocycles. The number of methoxy groups -OCH3 is 1. The minimum Gasteiger partial charge on any atom is -0.497 e. The molecule has 6 nitrogen and oxygen atoms in total. The van der Waals surface area contributed by atoms with E-state index in [0.717, 1.165) is 18.6 Å². The molecule has 0 saturated heterocycles. The summed E-state index contributed by atoms with van der Waals surface area (Å²) < 4.78 is 5.24. The molecule has 6 heteroatoms. The van der Waals surface area contributed by atoms with Crippen molar-refractivity contribution in [3.63, 3.8) is 0 Å². The normalized spacial score (nSPS) is 10.7. The zero-order chi connectivity index (χ0) is 18.9. The summed E-state index contributed by atoms with van der Waals surface area (Å²) in [5.41, 5.74) is 1.57. The molecule has 2 N–H and O–H groups in total. The molecule has 1 amide bonds. The molecular weight excluding hydrogens is 328 g/mol. The summed E-state index contributed by atoms with van der Waals surface area (Å²) in [4.78, 5) is 20.9. The number of aromatic nitrogens is 2. The highest BCUT2D eigenvalue weighted by Gasteiger charge is 2.10. The quantitative estimate of drug-likeness (QED) is 0.721. The number of hydrogen-bond donors (Lipinski definition) is 2. The van der Waals surface area contributed by atoms with Gasteiger partial charge in [0.2, 0.25) is 0 Å². The highest BCUT2D eigenvalue weighted by molar-refractivity contribution is 5.92. The fraction of sp³-hybridized carbons (Fsp3) is 0.450. The van der Waals surface area contributed by atoms with Crippen LogP contribution in [-0.2, 0) is 6.42 Å². The Morgan fingerprint density at radius 3 is 2.73 bits per heavy atom. The molecule has 0 spiro atoms. The van der Waals surface area contributed by atoms with E-state index in [-0.39, 0.29) is 5.91 Å². The SMILES string of the molecule is COc1cccc(CCNc2cc(C(=O)NCCC(C)C)nc(C)n2)c1. The third-order valence-corrected chi connectivity index (χ3v) is 3.93. The molecule has 1 aromatic carbocycles. The van der Waals surface area contributed by atoms with Gasteiger partial charge in [0.1, 0.15) is 23.1 Å². The molecular formula is C20H28N4O2. The Morgan fingerprint density at radius 1 is 1.19 bits per heavy atom. The van der Waals surface area contributed by atoms with Gasteiger partial charge >= 0.3 is 0 Å². The van der Waals surface area contributed by atoms with Gasteiger partial charge < -0.3 is 15.4 Å². The first kappa shape index (κ1) is 19.7. The molecule has 1 aromatic heterocycles. The van der Waals surface area contributed by atoms with Gasteiger partial charge in [-0.05, 0) is 43.4 Å². The third-order valence-electron chi connectivity index (χ3n) is 3.93. The van der Waals surface area contributed by atoms with Crippen molar-refractivity contribution in [3.8, 4) is 5.75 Å². The smallest absolute Gasteiger partial charge is 0.270 e. The largest absolute Gasteiger partial charge is 0.497 e. The molecule has 0 aliphatic rings. The van der Waals surface area contributed by atoms with E-state index < -0.39 is 0 Å². The van der Waals surface area contributed by atoms with Crippen molar-refractivity contribution in [1.29, 1.82) is 0 Å². The van der Waals surface area contributed by atoms with Crippen LogP contribution in [0.3, 0.4) is 0 Å². The minimum atomic E-state index is -0.160. The number of ether oxygens (including phenoxy) is 1. The molecule has 1 heterocycles. The van der Waals surface area contributed by atoms with E-state index in [1.54, 1.807) is 20.1 Å². The zero-order valence-corrected chi connectivity index (χ0v) is 16.0. The van der Waals surface area contributed by atoms with E-state index in [0.29, 0.717) is 36.3 Å². The Balaban J connectivity index is 1.92. The Morgan fingerprint density at radius 2 is 2.00 bits per heavy atom. The van der Waals surface area contributed by atoms with Gasteiger partial charge in [-0.3, -0.25) is 4.79 Å². The van der Waals surface area contributed by atoms with Crippen LogP contribution in [0.15, 0.2) is 30.3 Å². The number of carbonyl (C=O) groups is 1. The van der Waals surface area contributed by atoms with E-state index in [4.69, 9.17) is 4.74 Å². The number of aryl methyl sites for hydroxylation is 1. The monoisotopic (exact) mass is 356 g/mol. The van der Waals surface area contributed by atoms with Gasteiger partial charge in [-0.15, -0.1) is 0 Å². The van der Waals surface area contributed by atoms with Crippen LogP contribution in [0.4, 0.5) is 5.82 Å². The first-order valence-corrected chi connectivity index (χ1v) is 8.98. The van der Waals surface area contributed by atoms with Crippen LogP contribution in [0, 0.1) is 12.8 Å². The molecule has 26 heavy (non-hydrogen) atoms. The second-order valence-electron chi connectivity index (χ2n) is 6.65. The number of benzene rings is 1. The van der Waals surface area contributed by atoms with Gasteiger partial charge in [-0.1, -0.05) is 26.0 Å². The molecule has 140 valence electrons. The fourth-order valence-electron chi connectivity index (χ4n) is 2.50. The van der Waals surface area contributed by atoms with Crippen LogP contribution in [0.25, 0.3) is 0 Å². The van der Waals surface area contributed by atoms with Gasteiger partial charge in [-0.2, -0.15) is 0 Å². The molecule has 0 bridgehead atoms. The summed E-state index contributed by atoms with van der Waals surface area (Å²) in [6, 6.07) is 9.67. The first-order chi connectivity index (χ1) is 12.5. The Labute approximate surface area is 155 Å². The standard InChI is InChI=1S/C20H28N4O2/c1-14(2)8-10-22-20(25)18-13-19(24-15(3)23-18)21-11-9-16-6-5-7-17(12-16)26-4/h5-7,12-14H,8-11H2,1-4H3,(H,22,25)(H,21,23,24). The van der Waals surface area contributed by atoms with Gasteiger partial charge in [0.25, 0.3) is 5.91 Å². The average Bonchev–Trinajstić information content (AvgIpc) is 2.61. The number of carbonyl (C=O) groups excluding carboxylic acids is 1. The van der Waals surface area contributed by atoms with Gasteiger partial charge in [0, 0.05) is 19.2 Å². The first-order valence-electron chi connectivity index (χ1n) is 8.98. The van der Waals surface area contributed by atoms with Crippen LogP contribution < -0.4 is 15.4 Å². The summed E-state index contributed by atoms with van der Waals surface area (Å²) in [7, 11) is 1.66. The summed E-state index contributed by atoms with van der Waals surface area (Å²) in [6.45, 7) is 7.41. The van der Waals surface area contributed by atoms with Gasteiger partial charge in [0.05, 0.1) is 7.11 Å². The number of hydrogen-bond acceptors (Lipinski definition) is 5. The number of amides is 1. The van der Waals surface area contributed by atoms with Crippen molar-refractivity contribution in [2.45, 2.75) is 33.6 Å². The highest BCUT2D eigenvalue weighted by atomic mass is 16.5.